The Balaban J connectivity index is 0.00000392. The second-order valence-electron chi connectivity index (χ2n) is 9.37. The van der Waals surface area contributed by atoms with E-state index < -0.39 is 0 Å². The first-order valence-electron chi connectivity index (χ1n) is 10.7. The molecule has 0 spiro atoms. The van der Waals surface area contributed by atoms with Crippen molar-refractivity contribution in [1.29, 1.82) is 0 Å². The van der Waals surface area contributed by atoms with Gasteiger partial charge in [0.25, 0.3) is 0 Å². The normalized spacial score (nSPS) is 25.9. The van der Waals surface area contributed by atoms with E-state index in [4.69, 9.17) is 14.5 Å². The number of halogens is 1. The summed E-state index contributed by atoms with van der Waals surface area (Å²) in [6.07, 6.45) is 4.73. The Morgan fingerprint density at radius 3 is 2.39 bits per heavy atom. The van der Waals surface area contributed by atoms with Crippen LogP contribution in [0.25, 0.3) is 0 Å². The van der Waals surface area contributed by atoms with Gasteiger partial charge in [-0.15, -0.1) is 24.0 Å². The molecule has 2 N–H and O–H groups in total. The Morgan fingerprint density at radius 1 is 1.14 bits per heavy atom. The van der Waals surface area contributed by atoms with Gasteiger partial charge < -0.3 is 25.0 Å². The van der Waals surface area contributed by atoms with E-state index in [0.717, 1.165) is 64.7 Å². The zero-order valence-corrected chi connectivity index (χ0v) is 21.2. The van der Waals surface area contributed by atoms with Gasteiger partial charge in [0, 0.05) is 44.4 Å². The number of hydrogen-bond acceptors (Lipinski definition) is 4. The van der Waals surface area contributed by atoms with Gasteiger partial charge in [0.15, 0.2) is 5.96 Å². The van der Waals surface area contributed by atoms with Gasteiger partial charge >= 0.3 is 0 Å². The highest BCUT2D eigenvalue weighted by Crippen LogP contribution is 2.33. The van der Waals surface area contributed by atoms with Crippen molar-refractivity contribution in [2.45, 2.75) is 65.0 Å². The largest absolute Gasteiger partial charge is 0.381 e. The molecule has 0 aromatic rings. The summed E-state index contributed by atoms with van der Waals surface area (Å²) in [6.45, 7) is 14.1. The van der Waals surface area contributed by atoms with Gasteiger partial charge in [-0.2, -0.15) is 0 Å². The van der Waals surface area contributed by atoms with E-state index in [9.17, 15) is 0 Å². The Kier molecular flexibility index (Phi) is 11.0. The minimum Gasteiger partial charge on any atom is -0.381 e. The molecule has 0 saturated carbocycles. The van der Waals surface area contributed by atoms with Crippen molar-refractivity contribution in [2.24, 2.45) is 16.3 Å². The van der Waals surface area contributed by atoms with Gasteiger partial charge in [-0.05, 0) is 52.1 Å². The molecular formula is C21H43IN4O2. The molecule has 2 rings (SSSR count). The first-order chi connectivity index (χ1) is 12.8. The van der Waals surface area contributed by atoms with Crippen molar-refractivity contribution >= 4 is 29.9 Å². The lowest BCUT2D eigenvalue weighted by atomic mass is 9.78. The van der Waals surface area contributed by atoms with Crippen molar-refractivity contribution < 1.29 is 9.47 Å². The van der Waals surface area contributed by atoms with Crippen LogP contribution in [0.3, 0.4) is 0 Å². The third-order valence-electron chi connectivity index (χ3n) is 6.08. The molecular weight excluding hydrogens is 467 g/mol. The van der Waals surface area contributed by atoms with E-state index >= 15 is 0 Å². The maximum atomic E-state index is 6.13. The van der Waals surface area contributed by atoms with Crippen LogP contribution < -0.4 is 10.6 Å². The van der Waals surface area contributed by atoms with Crippen LogP contribution >= 0.6 is 24.0 Å². The summed E-state index contributed by atoms with van der Waals surface area (Å²) in [5, 5.41) is 7.02. The molecule has 28 heavy (non-hydrogen) atoms. The van der Waals surface area contributed by atoms with E-state index in [0.29, 0.717) is 12.0 Å². The zero-order chi connectivity index (χ0) is 19.9. The Labute approximate surface area is 189 Å². The number of aliphatic imine (C=N–C) groups is 1. The molecule has 2 saturated heterocycles. The van der Waals surface area contributed by atoms with Crippen molar-refractivity contribution in [3.05, 3.63) is 0 Å². The van der Waals surface area contributed by atoms with Gasteiger partial charge in [-0.3, -0.25) is 4.99 Å². The van der Waals surface area contributed by atoms with Gasteiger partial charge in [-0.1, -0.05) is 20.8 Å². The number of nitrogens with zero attached hydrogens (tertiary/aromatic N) is 2. The molecule has 0 radical (unpaired) electrons. The number of likely N-dealkylation sites (N-methyl/N-ethyl adjacent to an activating group) is 1. The summed E-state index contributed by atoms with van der Waals surface area (Å²) in [5.74, 6) is 1.44. The zero-order valence-electron chi connectivity index (χ0n) is 18.8. The SMILES string of the molecule is CCNC(=NCC1(N(C)C)CCOCC1)NCC1CCCOC1C(C)(C)C.I. The van der Waals surface area contributed by atoms with Crippen molar-refractivity contribution in [3.63, 3.8) is 0 Å². The van der Waals surface area contributed by atoms with E-state index in [1.165, 1.54) is 6.42 Å². The maximum absolute atomic E-state index is 6.13. The molecule has 0 aliphatic carbocycles. The summed E-state index contributed by atoms with van der Waals surface area (Å²) < 4.78 is 11.7. The maximum Gasteiger partial charge on any atom is 0.191 e. The standard InChI is InChI=1S/C21H42N4O2.HI/c1-7-22-19(24-16-21(25(5)6)10-13-26-14-11-21)23-15-17-9-8-12-27-18(17)20(2,3)4;/h17-18H,7-16H2,1-6H3,(H2,22,23,24);1H. The minimum atomic E-state index is 0. The van der Waals surface area contributed by atoms with E-state index in [1.54, 1.807) is 0 Å². The van der Waals surface area contributed by atoms with Gasteiger partial charge in [0.05, 0.1) is 12.6 Å². The predicted octanol–water partition coefficient (Wildman–Crippen LogP) is 3.11. The highest BCUT2D eigenvalue weighted by Gasteiger charge is 2.36. The van der Waals surface area contributed by atoms with E-state index in [-0.39, 0.29) is 34.9 Å². The molecule has 6 nitrogen and oxygen atoms in total. The fraction of sp³-hybridized carbons (Fsp3) is 0.952. The Morgan fingerprint density at radius 2 is 1.82 bits per heavy atom. The number of rotatable bonds is 6. The Bertz CT molecular complexity index is 474. The average molecular weight is 511 g/mol. The fourth-order valence-electron chi connectivity index (χ4n) is 4.30. The molecule has 0 aromatic carbocycles. The number of guanidine groups is 1. The molecule has 2 fully saturated rings. The fourth-order valence-corrected chi connectivity index (χ4v) is 4.30. The summed E-state index contributed by atoms with van der Waals surface area (Å²) in [6, 6.07) is 0. The first-order valence-corrected chi connectivity index (χ1v) is 10.7. The van der Waals surface area contributed by atoms with Crippen LogP contribution in [0.5, 0.6) is 0 Å². The lowest BCUT2D eigenvalue weighted by Crippen LogP contribution is -2.52. The lowest BCUT2D eigenvalue weighted by Gasteiger charge is -2.42. The highest BCUT2D eigenvalue weighted by molar-refractivity contribution is 14.0. The van der Waals surface area contributed by atoms with E-state index in [2.05, 4.69) is 57.3 Å². The van der Waals surface area contributed by atoms with Crippen LogP contribution in [-0.2, 0) is 9.47 Å². The second kappa shape index (κ2) is 11.9. The van der Waals surface area contributed by atoms with E-state index in [1.807, 2.05) is 0 Å². The minimum absolute atomic E-state index is 0. The summed E-state index contributed by atoms with van der Waals surface area (Å²) in [4.78, 5) is 7.29. The lowest BCUT2D eigenvalue weighted by molar-refractivity contribution is -0.0835. The quantitative estimate of drug-likeness (QED) is 0.327. The third kappa shape index (κ3) is 7.29. The van der Waals surface area contributed by atoms with Crippen LogP contribution in [0.15, 0.2) is 4.99 Å². The number of nitrogens with one attached hydrogen (secondary N) is 2. The summed E-state index contributed by atoms with van der Waals surface area (Å²) in [5.41, 5.74) is 0.266. The second-order valence-corrected chi connectivity index (χ2v) is 9.37. The van der Waals surface area contributed by atoms with Gasteiger partial charge in [-0.25, -0.2) is 0 Å². The predicted molar refractivity (Wildman–Crippen MR) is 128 cm³/mol. The molecule has 0 bridgehead atoms. The van der Waals surface area contributed by atoms with Crippen LogP contribution in [0.4, 0.5) is 0 Å². The molecule has 2 heterocycles. The first kappa shape index (κ1) is 25.9. The molecule has 2 atom stereocenters. The smallest absolute Gasteiger partial charge is 0.191 e. The summed E-state index contributed by atoms with van der Waals surface area (Å²) in [7, 11) is 4.32. The van der Waals surface area contributed by atoms with Crippen LogP contribution in [0.1, 0.15) is 53.4 Å². The van der Waals surface area contributed by atoms with Crippen molar-refractivity contribution in [1.82, 2.24) is 15.5 Å². The van der Waals surface area contributed by atoms with Crippen LogP contribution in [0.2, 0.25) is 0 Å². The molecule has 0 aromatic heterocycles. The molecule has 2 unspecified atom stereocenters. The molecule has 166 valence electrons. The van der Waals surface area contributed by atoms with Crippen molar-refractivity contribution in [3.8, 4) is 0 Å². The van der Waals surface area contributed by atoms with Crippen molar-refractivity contribution in [2.75, 3.05) is 53.6 Å². The van der Waals surface area contributed by atoms with Crippen LogP contribution in [-0.4, -0.2) is 76.1 Å². The summed E-state index contributed by atoms with van der Waals surface area (Å²) >= 11 is 0. The number of ether oxygens (including phenoxy) is 2. The molecule has 2 aliphatic rings. The van der Waals surface area contributed by atoms with Gasteiger partial charge in [0.2, 0.25) is 0 Å². The number of hydrogen-bond donors (Lipinski definition) is 2. The average Bonchev–Trinajstić information content (AvgIpc) is 2.64. The topological polar surface area (TPSA) is 58.1 Å². The van der Waals surface area contributed by atoms with Crippen LogP contribution in [0, 0.1) is 11.3 Å². The monoisotopic (exact) mass is 510 g/mol. The third-order valence-corrected chi connectivity index (χ3v) is 6.08. The molecule has 7 heteroatoms. The Hall–Kier alpha value is -0.120. The molecule has 0 amide bonds. The highest BCUT2D eigenvalue weighted by atomic mass is 127. The molecule has 2 aliphatic heterocycles. The van der Waals surface area contributed by atoms with Gasteiger partial charge in [0.1, 0.15) is 0 Å².